The third-order valence-electron chi connectivity index (χ3n) is 3.54. The van der Waals surface area contributed by atoms with E-state index in [0.29, 0.717) is 23.8 Å². The monoisotopic (exact) mass is 318 g/mol. The van der Waals surface area contributed by atoms with Crippen LogP contribution in [0.1, 0.15) is 16.1 Å². The molecule has 0 aliphatic heterocycles. The average molecular weight is 318 g/mol. The van der Waals surface area contributed by atoms with Crippen molar-refractivity contribution in [2.24, 2.45) is 0 Å². The fourth-order valence-corrected chi connectivity index (χ4v) is 2.41. The summed E-state index contributed by atoms with van der Waals surface area (Å²) in [6.45, 7) is 0.648. The van der Waals surface area contributed by atoms with Gasteiger partial charge >= 0.3 is 0 Å². The van der Waals surface area contributed by atoms with Crippen molar-refractivity contribution in [1.29, 1.82) is 0 Å². The summed E-state index contributed by atoms with van der Waals surface area (Å²) in [6.07, 6.45) is 6.89. The van der Waals surface area contributed by atoms with Gasteiger partial charge in [0.1, 0.15) is 5.69 Å². The molecule has 0 saturated heterocycles. The predicted octanol–water partition coefficient (Wildman–Crippen LogP) is 2.23. The highest BCUT2D eigenvalue weighted by atomic mass is 16.2. The molecule has 7 nitrogen and oxygen atoms in total. The Morgan fingerprint density at radius 3 is 2.79 bits per heavy atom. The number of anilines is 1. The molecule has 4 aromatic rings. The van der Waals surface area contributed by atoms with Crippen LogP contribution in [0.25, 0.3) is 5.78 Å². The van der Waals surface area contributed by atoms with E-state index in [2.05, 4.69) is 20.4 Å². The van der Waals surface area contributed by atoms with Gasteiger partial charge in [-0.1, -0.05) is 30.3 Å². The second kappa shape index (κ2) is 5.96. The third kappa shape index (κ3) is 2.87. The molecule has 1 N–H and O–H groups in total. The molecule has 0 radical (unpaired) electrons. The van der Waals surface area contributed by atoms with E-state index in [1.165, 1.54) is 0 Å². The Balaban J connectivity index is 1.48. The van der Waals surface area contributed by atoms with E-state index in [1.807, 2.05) is 36.5 Å². The van der Waals surface area contributed by atoms with E-state index in [4.69, 9.17) is 0 Å². The van der Waals surface area contributed by atoms with E-state index in [1.54, 1.807) is 39.8 Å². The van der Waals surface area contributed by atoms with Crippen LogP contribution in [0.5, 0.6) is 0 Å². The highest BCUT2D eigenvalue weighted by Gasteiger charge is 2.12. The lowest BCUT2D eigenvalue weighted by atomic mass is 10.2. The second-order valence-electron chi connectivity index (χ2n) is 5.29. The largest absolute Gasteiger partial charge is 0.304 e. The standard InChI is InChI=1S/C17H14N6O/c24-16(14-12-22-9-4-8-18-17(22)19-14)20-15-7-10-23(21-15)11-13-5-2-1-3-6-13/h1-10,12H,11H2,(H,20,21,24). The zero-order valence-corrected chi connectivity index (χ0v) is 12.7. The molecule has 0 aliphatic carbocycles. The van der Waals surface area contributed by atoms with Crippen LogP contribution >= 0.6 is 0 Å². The first kappa shape index (κ1) is 14.1. The van der Waals surface area contributed by atoms with Gasteiger partial charge in [-0.05, 0) is 11.6 Å². The summed E-state index contributed by atoms with van der Waals surface area (Å²) in [5, 5.41) is 7.11. The molecule has 0 atom stereocenters. The summed E-state index contributed by atoms with van der Waals surface area (Å²) < 4.78 is 3.47. The van der Waals surface area contributed by atoms with Gasteiger partial charge in [0.25, 0.3) is 5.91 Å². The zero-order valence-electron chi connectivity index (χ0n) is 12.7. The number of carbonyl (C=O) groups is 1. The molecule has 0 aliphatic rings. The Kier molecular flexibility index (Phi) is 3.51. The van der Waals surface area contributed by atoms with Gasteiger partial charge in [0.2, 0.25) is 5.78 Å². The summed E-state index contributed by atoms with van der Waals surface area (Å²) in [7, 11) is 0. The fourth-order valence-electron chi connectivity index (χ4n) is 2.41. The van der Waals surface area contributed by atoms with Crippen LogP contribution < -0.4 is 5.32 Å². The lowest BCUT2D eigenvalue weighted by Gasteiger charge is -2.01. The Hall–Kier alpha value is -3.48. The summed E-state index contributed by atoms with van der Waals surface area (Å²) in [4.78, 5) is 20.6. The SMILES string of the molecule is O=C(Nc1ccn(Cc2ccccc2)n1)c1cn2cccnc2n1. The first-order valence-electron chi connectivity index (χ1n) is 7.46. The highest BCUT2D eigenvalue weighted by Crippen LogP contribution is 2.09. The van der Waals surface area contributed by atoms with E-state index < -0.39 is 0 Å². The van der Waals surface area contributed by atoms with Gasteiger partial charge in [-0.2, -0.15) is 5.10 Å². The van der Waals surface area contributed by atoms with Crippen molar-refractivity contribution in [2.45, 2.75) is 6.54 Å². The van der Waals surface area contributed by atoms with E-state index in [0.717, 1.165) is 5.56 Å². The average Bonchev–Trinajstić information content (AvgIpc) is 3.22. The Morgan fingerprint density at radius 1 is 1.08 bits per heavy atom. The van der Waals surface area contributed by atoms with Crippen molar-refractivity contribution in [3.05, 3.63) is 78.5 Å². The smallest absolute Gasteiger partial charge is 0.277 e. The number of hydrogen-bond acceptors (Lipinski definition) is 4. The summed E-state index contributed by atoms with van der Waals surface area (Å²) in [6, 6.07) is 13.5. The second-order valence-corrected chi connectivity index (χ2v) is 5.29. The van der Waals surface area contributed by atoms with Crippen LogP contribution in [0.3, 0.4) is 0 Å². The summed E-state index contributed by atoms with van der Waals surface area (Å²) >= 11 is 0. The lowest BCUT2D eigenvalue weighted by molar-refractivity contribution is 0.102. The number of imidazole rings is 1. The maximum atomic E-state index is 12.3. The quantitative estimate of drug-likeness (QED) is 0.626. The van der Waals surface area contributed by atoms with Crippen LogP contribution in [-0.4, -0.2) is 30.1 Å². The number of aromatic nitrogens is 5. The molecule has 0 fully saturated rings. The van der Waals surface area contributed by atoms with Crippen molar-refractivity contribution in [1.82, 2.24) is 24.1 Å². The van der Waals surface area contributed by atoms with Crippen molar-refractivity contribution in [3.8, 4) is 0 Å². The Bertz CT molecular complexity index is 955. The number of rotatable bonds is 4. The van der Waals surface area contributed by atoms with Gasteiger partial charge in [0.15, 0.2) is 5.82 Å². The van der Waals surface area contributed by atoms with Gasteiger partial charge in [-0.25, -0.2) is 9.97 Å². The van der Waals surface area contributed by atoms with Gasteiger partial charge in [-0.3, -0.25) is 13.9 Å². The summed E-state index contributed by atoms with van der Waals surface area (Å²) in [5.41, 5.74) is 1.44. The predicted molar refractivity (Wildman–Crippen MR) is 88.7 cm³/mol. The van der Waals surface area contributed by atoms with Crippen LogP contribution in [-0.2, 0) is 6.54 Å². The van der Waals surface area contributed by atoms with Crippen molar-refractivity contribution in [3.63, 3.8) is 0 Å². The molecule has 7 heteroatoms. The number of fused-ring (bicyclic) bond motifs is 1. The van der Waals surface area contributed by atoms with Crippen molar-refractivity contribution < 1.29 is 4.79 Å². The van der Waals surface area contributed by atoms with Crippen LogP contribution in [0.2, 0.25) is 0 Å². The molecule has 1 amide bonds. The van der Waals surface area contributed by atoms with E-state index in [9.17, 15) is 4.79 Å². The Labute approximate surface area is 137 Å². The molecular weight excluding hydrogens is 304 g/mol. The number of hydrogen-bond donors (Lipinski definition) is 1. The normalized spacial score (nSPS) is 10.8. The lowest BCUT2D eigenvalue weighted by Crippen LogP contribution is -2.13. The molecule has 0 unspecified atom stereocenters. The molecule has 0 saturated carbocycles. The molecule has 3 heterocycles. The number of amides is 1. The van der Waals surface area contributed by atoms with Crippen LogP contribution in [0.15, 0.2) is 67.3 Å². The third-order valence-corrected chi connectivity index (χ3v) is 3.54. The number of benzene rings is 1. The first-order chi connectivity index (χ1) is 11.8. The van der Waals surface area contributed by atoms with Gasteiger partial charge < -0.3 is 5.32 Å². The minimum Gasteiger partial charge on any atom is -0.304 e. The molecule has 24 heavy (non-hydrogen) atoms. The van der Waals surface area contributed by atoms with Gasteiger partial charge in [0, 0.05) is 30.9 Å². The minimum absolute atomic E-state index is 0.298. The van der Waals surface area contributed by atoms with Crippen molar-refractivity contribution >= 4 is 17.5 Å². The number of nitrogens with zero attached hydrogens (tertiary/aromatic N) is 5. The molecule has 118 valence electrons. The Morgan fingerprint density at radius 2 is 1.96 bits per heavy atom. The number of nitrogens with one attached hydrogen (secondary N) is 1. The van der Waals surface area contributed by atoms with E-state index in [-0.39, 0.29) is 5.91 Å². The van der Waals surface area contributed by atoms with E-state index >= 15 is 0 Å². The van der Waals surface area contributed by atoms with Crippen molar-refractivity contribution in [2.75, 3.05) is 5.32 Å². The maximum Gasteiger partial charge on any atom is 0.277 e. The maximum absolute atomic E-state index is 12.3. The molecule has 0 bridgehead atoms. The number of carbonyl (C=O) groups excluding carboxylic acids is 1. The fraction of sp³-hybridized carbons (Fsp3) is 0.0588. The van der Waals surface area contributed by atoms with Gasteiger partial charge in [0.05, 0.1) is 6.54 Å². The van der Waals surface area contributed by atoms with Crippen LogP contribution in [0.4, 0.5) is 5.82 Å². The molecule has 4 rings (SSSR count). The molecule has 1 aromatic carbocycles. The minimum atomic E-state index is -0.314. The van der Waals surface area contributed by atoms with Gasteiger partial charge in [-0.15, -0.1) is 0 Å². The zero-order chi connectivity index (χ0) is 16.4. The topological polar surface area (TPSA) is 77.1 Å². The van der Waals surface area contributed by atoms with Crippen LogP contribution in [0, 0.1) is 0 Å². The first-order valence-corrected chi connectivity index (χ1v) is 7.46. The molecule has 0 spiro atoms. The highest BCUT2D eigenvalue weighted by molar-refractivity contribution is 6.02. The summed E-state index contributed by atoms with van der Waals surface area (Å²) in [5.74, 6) is 0.656. The molecular formula is C17H14N6O. The molecule has 3 aromatic heterocycles.